The molecule has 0 bridgehead atoms. The summed E-state index contributed by atoms with van der Waals surface area (Å²) < 4.78 is 26.9. The molecule has 0 atom stereocenters. The molecule has 0 aliphatic heterocycles. The molecular weight excluding hydrogens is 278 g/mol. The van der Waals surface area contributed by atoms with Gasteiger partial charge in [0, 0.05) is 11.6 Å². The lowest BCUT2D eigenvalue weighted by Crippen LogP contribution is -1.89. The Morgan fingerprint density at radius 3 is 2.45 bits per heavy atom. The van der Waals surface area contributed by atoms with Crippen LogP contribution in [0.3, 0.4) is 0 Å². The van der Waals surface area contributed by atoms with Gasteiger partial charge in [-0.05, 0) is 17.7 Å². The summed E-state index contributed by atoms with van der Waals surface area (Å²) in [6, 6.07) is 12.9. The molecule has 2 nitrogen and oxygen atoms in total. The SMILES string of the molecule is Nc1nc(-c2ccc(F)cc2F)c(-c2ccccc2)s1. The molecule has 0 aliphatic rings. The number of halogens is 2. The van der Waals surface area contributed by atoms with Crippen LogP contribution in [0, 0.1) is 11.6 Å². The topological polar surface area (TPSA) is 38.9 Å². The lowest BCUT2D eigenvalue weighted by atomic mass is 10.1. The Hall–Kier alpha value is -2.27. The van der Waals surface area contributed by atoms with Crippen molar-refractivity contribution in [1.82, 2.24) is 4.98 Å². The zero-order chi connectivity index (χ0) is 14.1. The van der Waals surface area contributed by atoms with Crippen LogP contribution in [0.1, 0.15) is 0 Å². The average Bonchev–Trinajstić information content (AvgIpc) is 2.81. The summed E-state index contributed by atoms with van der Waals surface area (Å²) in [5, 5.41) is 0.350. The van der Waals surface area contributed by atoms with Crippen LogP contribution in [-0.4, -0.2) is 4.98 Å². The number of nitrogen functional groups attached to an aromatic ring is 1. The smallest absolute Gasteiger partial charge is 0.181 e. The van der Waals surface area contributed by atoms with Gasteiger partial charge in [-0.15, -0.1) is 0 Å². The van der Waals surface area contributed by atoms with Crippen molar-refractivity contribution >= 4 is 16.5 Å². The second-order valence-corrected chi connectivity index (χ2v) is 5.25. The molecule has 1 aromatic heterocycles. The van der Waals surface area contributed by atoms with E-state index >= 15 is 0 Å². The van der Waals surface area contributed by atoms with Crippen molar-refractivity contribution in [2.75, 3.05) is 5.73 Å². The highest BCUT2D eigenvalue weighted by atomic mass is 32.1. The molecule has 3 rings (SSSR count). The number of nitrogens with two attached hydrogens (primary N) is 1. The van der Waals surface area contributed by atoms with E-state index in [4.69, 9.17) is 5.73 Å². The van der Waals surface area contributed by atoms with Gasteiger partial charge in [-0.3, -0.25) is 0 Å². The monoisotopic (exact) mass is 288 g/mol. The summed E-state index contributed by atoms with van der Waals surface area (Å²) in [6.07, 6.45) is 0. The van der Waals surface area contributed by atoms with Crippen molar-refractivity contribution in [2.24, 2.45) is 0 Å². The Labute approximate surface area is 118 Å². The first-order valence-corrected chi connectivity index (χ1v) is 6.74. The first kappa shape index (κ1) is 12.7. The van der Waals surface area contributed by atoms with Crippen molar-refractivity contribution < 1.29 is 8.78 Å². The second-order valence-electron chi connectivity index (χ2n) is 4.22. The van der Waals surface area contributed by atoms with Crippen molar-refractivity contribution in [1.29, 1.82) is 0 Å². The van der Waals surface area contributed by atoms with Crippen LogP contribution in [-0.2, 0) is 0 Å². The van der Waals surface area contributed by atoms with Crippen molar-refractivity contribution in [3.8, 4) is 21.7 Å². The molecule has 100 valence electrons. The number of nitrogens with zero attached hydrogens (tertiary/aromatic N) is 1. The van der Waals surface area contributed by atoms with Crippen LogP contribution >= 0.6 is 11.3 Å². The van der Waals surface area contributed by atoms with Crippen LogP contribution in [0.5, 0.6) is 0 Å². The first-order valence-electron chi connectivity index (χ1n) is 5.92. The van der Waals surface area contributed by atoms with Gasteiger partial charge in [0.25, 0.3) is 0 Å². The second kappa shape index (κ2) is 5.02. The largest absolute Gasteiger partial charge is 0.375 e. The summed E-state index contributed by atoms with van der Waals surface area (Å²) in [5.41, 5.74) is 7.34. The molecule has 20 heavy (non-hydrogen) atoms. The number of thiazole rings is 1. The highest BCUT2D eigenvalue weighted by Gasteiger charge is 2.17. The maximum atomic E-state index is 13.9. The number of anilines is 1. The fourth-order valence-corrected chi connectivity index (χ4v) is 2.84. The molecule has 0 aliphatic carbocycles. The van der Waals surface area contributed by atoms with Gasteiger partial charge in [0.2, 0.25) is 0 Å². The molecule has 1 heterocycles. The highest BCUT2D eigenvalue weighted by molar-refractivity contribution is 7.19. The molecule has 2 N–H and O–H groups in total. The van der Waals surface area contributed by atoms with Gasteiger partial charge in [0.1, 0.15) is 11.6 Å². The molecule has 0 spiro atoms. The molecule has 0 saturated carbocycles. The maximum Gasteiger partial charge on any atom is 0.181 e. The Bertz CT molecular complexity index is 754. The molecule has 0 fully saturated rings. The molecular formula is C15H10F2N2S. The normalized spacial score (nSPS) is 10.7. The summed E-state index contributed by atoms with van der Waals surface area (Å²) in [7, 11) is 0. The van der Waals surface area contributed by atoms with Crippen molar-refractivity contribution in [2.45, 2.75) is 0 Å². The van der Waals surface area contributed by atoms with Gasteiger partial charge in [-0.1, -0.05) is 41.7 Å². The van der Waals surface area contributed by atoms with Crippen LogP contribution in [0.25, 0.3) is 21.7 Å². The Kier molecular flexibility index (Phi) is 3.20. The van der Waals surface area contributed by atoms with Gasteiger partial charge in [-0.2, -0.15) is 0 Å². The van der Waals surface area contributed by atoms with E-state index in [-0.39, 0.29) is 5.56 Å². The van der Waals surface area contributed by atoms with Crippen LogP contribution in [0.4, 0.5) is 13.9 Å². The molecule has 0 amide bonds. The zero-order valence-electron chi connectivity index (χ0n) is 10.3. The Balaban J connectivity index is 2.20. The quantitative estimate of drug-likeness (QED) is 0.762. The minimum absolute atomic E-state index is 0.248. The summed E-state index contributed by atoms with van der Waals surface area (Å²) in [5.74, 6) is -1.26. The van der Waals surface area contributed by atoms with E-state index in [0.717, 1.165) is 16.5 Å². The third-order valence-corrected chi connectivity index (χ3v) is 3.80. The number of hydrogen-bond donors (Lipinski definition) is 1. The fraction of sp³-hybridized carbons (Fsp3) is 0. The zero-order valence-corrected chi connectivity index (χ0v) is 11.1. The minimum Gasteiger partial charge on any atom is -0.375 e. The van der Waals surface area contributed by atoms with Gasteiger partial charge in [0.05, 0.1) is 10.6 Å². The van der Waals surface area contributed by atoms with Crippen molar-refractivity contribution in [3.63, 3.8) is 0 Å². The fourth-order valence-electron chi connectivity index (χ4n) is 1.99. The lowest BCUT2D eigenvalue weighted by Gasteiger charge is -2.04. The third kappa shape index (κ3) is 2.28. The van der Waals surface area contributed by atoms with Crippen molar-refractivity contribution in [3.05, 3.63) is 60.2 Å². The van der Waals surface area contributed by atoms with E-state index in [2.05, 4.69) is 4.98 Å². The summed E-state index contributed by atoms with van der Waals surface area (Å²) in [4.78, 5) is 4.95. The molecule has 0 radical (unpaired) electrons. The predicted molar refractivity (Wildman–Crippen MR) is 77.3 cm³/mol. The molecule has 2 aromatic carbocycles. The molecule has 0 saturated heterocycles. The summed E-state index contributed by atoms with van der Waals surface area (Å²) >= 11 is 1.28. The van der Waals surface area contributed by atoms with Crippen LogP contribution in [0.2, 0.25) is 0 Å². The van der Waals surface area contributed by atoms with Crippen LogP contribution in [0.15, 0.2) is 48.5 Å². The van der Waals surface area contributed by atoms with Gasteiger partial charge < -0.3 is 5.73 Å². The number of hydrogen-bond acceptors (Lipinski definition) is 3. The molecule has 3 aromatic rings. The lowest BCUT2D eigenvalue weighted by molar-refractivity contribution is 0.585. The Morgan fingerprint density at radius 2 is 1.75 bits per heavy atom. The number of aromatic nitrogens is 1. The first-order chi connectivity index (χ1) is 9.65. The number of benzene rings is 2. The number of rotatable bonds is 2. The predicted octanol–water partition coefficient (Wildman–Crippen LogP) is 4.34. The van der Waals surface area contributed by atoms with E-state index in [9.17, 15) is 8.78 Å². The standard InChI is InChI=1S/C15H10F2N2S/c16-10-6-7-11(12(17)8-10)13-14(20-15(18)19-13)9-4-2-1-3-5-9/h1-8H,(H2,18,19). The molecule has 5 heteroatoms. The van der Waals surface area contributed by atoms with Gasteiger partial charge >= 0.3 is 0 Å². The van der Waals surface area contributed by atoms with Gasteiger partial charge in [-0.25, -0.2) is 13.8 Å². The van der Waals surface area contributed by atoms with E-state index in [1.807, 2.05) is 30.3 Å². The molecule has 0 unspecified atom stereocenters. The van der Waals surface area contributed by atoms with E-state index in [1.165, 1.54) is 23.5 Å². The minimum atomic E-state index is -0.646. The van der Waals surface area contributed by atoms with E-state index in [1.54, 1.807) is 0 Å². The van der Waals surface area contributed by atoms with Crippen LogP contribution < -0.4 is 5.73 Å². The van der Waals surface area contributed by atoms with E-state index < -0.39 is 11.6 Å². The van der Waals surface area contributed by atoms with E-state index in [0.29, 0.717) is 10.8 Å². The Morgan fingerprint density at radius 1 is 1.00 bits per heavy atom. The maximum absolute atomic E-state index is 13.9. The third-order valence-electron chi connectivity index (χ3n) is 2.87. The average molecular weight is 288 g/mol. The summed E-state index contributed by atoms with van der Waals surface area (Å²) in [6.45, 7) is 0. The van der Waals surface area contributed by atoms with Gasteiger partial charge in [0.15, 0.2) is 5.13 Å². The highest BCUT2D eigenvalue weighted by Crippen LogP contribution is 2.38.